The summed E-state index contributed by atoms with van der Waals surface area (Å²) in [6.45, 7) is 2.71. The van der Waals surface area contributed by atoms with E-state index in [-0.39, 0.29) is 0 Å². The van der Waals surface area contributed by atoms with Gasteiger partial charge in [0.25, 0.3) is 0 Å². The minimum absolute atomic E-state index is 0.529. The highest BCUT2D eigenvalue weighted by Gasteiger charge is 2.36. The molecule has 7 nitrogen and oxygen atoms in total. The van der Waals surface area contributed by atoms with Gasteiger partial charge in [-0.2, -0.15) is 0 Å². The quantitative estimate of drug-likeness (QED) is 0.533. The second kappa shape index (κ2) is 8.85. The van der Waals surface area contributed by atoms with E-state index in [1.165, 1.54) is 13.8 Å². The summed E-state index contributed by atoms with van der Waals surface area (Å²) in [5.74, 6) is -0.107. The van der Waals surface area contributed by atoms with E-state index in [9.17, 15) is 13.2 Å². The fraction of sp³-hybridized carbons (Fsp3) is 0.136. The van der Waals surface area contributed by atoms with E-state index < -0.39 is 20.7 Å². The van der Waals surface area contributed by atoms with E-state index in [0.29, 0.717) is 11.5 Å². The van der Waals surface area contributed by atoms with Gasteiger partial charge >= 0.3 is 0 Å². The van der Waals surface area contributed by atoms with Crippen LogP contribution in [0.3, 0.4) is 0 Å². The van der Waals surface area contributed by atoms with Gasteiger partial charge in [0.1, 0.15) is 4.75 Å². The van der Waals surface area contributed by atoms with Crippen molar-refractivity contribution in [3.63, 3.8) is 0 Å². The predicted molar refractivity (Wildman–Crippen MR) is 144 cm³/mol. The Morgan fingerprint density at radius 3 is 2.45 bits per heavy atom. The monoisotopic (exact) mass is 516 g/mol. The van der Waals surface area contributed by atoms with Crippen molar-refractivity contribution in [3.8, 4) is 11.3 Å². The molecule has 4 rings (SSSR count). The van der Waals surface area contributed by atoms with E-state index in [0.717, 1.165) is 33.0 Å². The lowest BCUT2D eigenvalue weighted by Crippen LogP contribution is -2.43. The van der Waals surface area contributed by atoms with Gasteiger partial charge in [0.15, 0.2) is 0 Å². The van der Waals surface area contributed by atoms with E-state index in [2.05, 4.69) is 37.4 Å². The minimum atomic E-state index is -3.97. The maximum Gasteiger partial charge on any atom is 0.247 e. The summed E-state index contributed by atoms with van der Waals surface area (Å²) in [6, 6.07) is 9.84. The number of carbonyl (C=O) groups is 1. The second-order valence-electron chi connectivity index (χ2n) is 7.77. The third kappa shape index (κ3) is 4.34. The van der Waals surface area contributed by atoms with Crippen molar-refractivity contribution in [2.45, 2.75) is 18.6 Å². The molecule has 1 aliphatic rings. The van der Waals surface area contributed by atoms with Crippen LogP contribution in [0.25, 0.3) is 22.6 Å². The lowest BCUT2D eigenvalue weighted by Gasteiger charge is -2.21. The first-order chi connectivity index (χ1) is 15.5. The predicted octanol–water partition coefficient (Wildman–Crippen LogP) is 1.63. The van der Waals surface area contributed by atoms with Crippen LogP contribution >= 0.6 is 27.7 Å². The van der Waals surface area contributed by atoms with Crippen LogP contribution in [0, 0.1) is 0 Å². The molecule has 170 valence electrons. The van der Waals surface area contributed by atoms with Crippen LogP contribution < -0.4 is 20.9 Å². The molecule has 0 aliphatic heterocycles. The number of carbonyl (C=O) groups excluding carboxylic acids is 1. The fourth-order valence-electron chi connectivity index (χ4n) is 3.54. The zero-order valence-electron chi connectivity index (χ0n) is 18.0. The Morgan fingerprint density at radius 1 is 1.09 bits per heavy atom. The van der Waals surface area contributed by atoms with Gasteiger partial charge in [-0.05, 0) is 6.92 Å². The number of imidazole rings is 1. The molecule has 33 heavy (non-hydrogen) atoms. The molecule has 4 atom stereocenters. The number of aromatic nitrogens is 3. The molecule has 1 aliphatic carbocycles. The second-order valence-corrected chi connectivity index (χ2v) is 11.5. The minimum Gasteiger partial charge on any atom is -0.276 e. The Hall–Kier alpha value is -2.23. The van der Waals surface area contributed by atoms with Crippen LogP contribution in [0.1, 0.15) is 19.5 Å². The van der Waals surface area contributed by atoms with Crippen molar-refractivity contribution in [1.29, 1.82) is 0 Å². The number of sulfonamides is 1. The molecule has 2 heterocycles. The van der Waals surface area contributed by atoms with Gasteiger partial charge in [0.05, 0.1) is 22.3 Å². The number of benzene rings is 1. The van der Waals surface area contributed by atoms with Gasteiger partial charge in [-0.15, -0.1) is 9.24 Å². The molecule has 0 saturated heterocycles. The Labute approximate surface area is 199 Å². The number of rotatable bonds is 4. The summed E-state index contributed by atoms with van der Waals surface area (Å²) in [5.41, 5.74) is 4.85. The Bertz CT molecular complexity index is 1480. The number of nitrogens with one attached hydrogen (secondary N) is 1. The maximum atomic E-state index is 12.8. The number of hydrogen-bond acceptors (Lipinski definition) is 5. The summed E-state index contributed by atoms with van der Waals surface area (Å²) in [5, 5.41) is 0.929. The van der Waals surface area contributed by atoms with Crippen LogP contribution in [-0.2, 0) is 14.8 Å². The third-order valence-electron chi connectivity index (χ3n) is 5.35. The Morgan fingerprint density at radius 2 is 1.79 bits per heavy atom. The highest BCUT2D eigenvalue weighted by atomic mass is 32.2. The molecule has 2 aromatic heterocycles. The zero-order chi connectivity index (χ0) is 24.0. The van der Waals surface area contributed by atoms with Crippen LogP contribution in [0.2, 0.25) is 0 Å². The van der Waals surface area contributed by atoms with Crippen LogP contribution in [0.15, 0.2) is 60.7 Å². The van der Waals surface area contributed by atoms with Gasteiger partial charge in [0, 0.05) is 23.4 Å². The molecule has 1 aromatic carbocycles. The zero-order valence-corrected chi connectivity index (χ0v) is 22.3. The van der Waals surface area contributed by atoms with E-state index in [1.54, 1.807) is 24.3 Å². The van der Waals surface area contributed by atoms with Crippen molar-refractivity contribution < 1.29 is 13.2 Å². The number of amides is 1. The van der Waals surface area contributed by atoms with Gasteiger partial charge in [-0.25, -0.2) is 18.4 Å². The first kappa shape index (κ1) is 23.9. The molecule has 1 amide bonds. The maximum absolute atomic E-state index is 12.8. The van der Waals surface area contributed by atoms with Crippen molar-refractivity contribution in [1.82, 2.24) is 19.1 Å². The topological polar surface area (TPSA) is 93.4 Å². The lowest BCUT2D eigenvalue weighted by atomic mass is 10.0. The first-order valence-corrected chi connectivity index (χ1v) is 13.2. The van der Waals surface area contributed by atoms with E-state index in [4.69, 9.17) is 4.98 Å². The van der Waals surface area contributed by atoms with Crippen molar-refractivity contribution in [3.05, 3.63) is 66.4 Å². The number of hydrogen-bond donors (Lipinski definition) is 1. The summed E-state index contributed by atoms with van der Waals surface area (Å²) in [4.78, 5) is 20.9. The molecular formula is C22H23N4O3P3S. The SMILES string of the molecule is CC(=O)NS(=O)(=O)C1(C)C=CC=C(c2nc3nc(P)c(P)c(P)n3c2-c2ccccc2)C=C1. The van der Waals surface area contributed by atoms with Crippen LogP contribution in [-0.4, -0.2) is 33.4 Å². The lowest BCUT2D eigenvalue weighted by molar-refractivity contribution is -0.117. The van der Waals surface area contributed by atoms with Crippen molar-refractivity contribution in [2.24, 2.45) is 0 Å². The fourth-order valence-corrected chi connectivity index (χ4v) is 5.66. The highest BCUT2D eigenvalue weighted by Crippen LogP contribution is 2.33. The molecule has 4 unspecified atom stereocenters. The number of allylic oxidation sites excluding steroid dienone is 4. The summed E-state index contributed by atoms with van der Waals surface area (Å²) in [6.07, 6.45) is 8.30. The van der Waals surface area contributed by atoms with Crippen molar-refractivity contribution >= 4 is 71.2 Å². The summed E-state index contributed by atoms with van der Waals surface area (Å²) in [7, 11) is 4.11. The normalized spacial score (nSPS) is 18.3. The molecule has 0 spiro atoms. The molecule has 1 N–H and O–H groups in total. The first-order valence-electron chi connectivity index (χ1n) is 9.94. The summed E-state index contributed by atoms with van der Waals surface area (Å²) < 4.78 is 28.2. The largest absolute Gasteiger partial charge is 0.276 e. The van der Waals surface area contributed by atoms with Gasteiger partial charge in [-0.3, -0.25) is 13.9 Å². The molecule has 0 bridgehead atoms. The van der Waals surface area contributed by atoms with E-state index >= 15 is 0 Å². The van der Waals surface area contributed by atoms with Gasteiger partial charge < -0.3 is 0 Å². The van der Waals surface area contributed by atoms with Crippen molar-refractivity contribution in [2.75, 3.05) is 0 Å². The molecule has 0 saturated carbocycles. The highest BCUT2D eigenvalue weighted by molar-refractivity contribution is 7.91. The average molecular weight is 516 g/mol. The van der Waals surface area contributed by atoms with Gasteiger partial charge in [-0.1, -0.05) is 79.2 Å². The van der Waals surface area contributed by atoms with E-state index in [1.807, 2.05) is 40.8 Å². The molecule has 11 heteroatoms. The standard InChI is InChI=1S/C22H23N4O3P3S/c1-13(27)25-33(28,29)22(2)11-6-9-14(10-12-22)16-17(15-7-4-3-5-8-15)26-20(32)18(30)19(31)24-21(26)23-16/h3-12H,30-32H2,1-2H3,(H,25,27). The number of nitrogens with zero attached hydrogens (tertiary/aromatic N) is 3. The van der Waals surface area contributed by atoms with Gasteiger partial charge in [0.2, 0.25) is 21.7 Å². The smallest absolute Gasteiger partial charge is 0.247 e. The van der Waals surface area contributed by atoms with Crippen LogP contribution in [0.5, 0.6) is 0 Å². The third-order valence-corrected chi connectivity index (χ3v) is 9.60. The molecular weight excluding hydrogens is 493 g/mol. The summed E-state index contributed by atoms with van der Waals surface area (Å²) >= 11 is 0. The average Bonchev–Trinajstić information content (AvgIpc) is 3.00. The molecule has 0 radical (unpaired) electrons. The molecule has 0 fully saturated rings. The number of fused-ring (bicyclic) bond motifs is 1. The Kier molecular flexibility index (Phi) is 6.41. The Balaban J connectivity index is 1.93. The molecule has 3 aromatic rings. The van der Waals surface area contributed by atoms with Crippen LogP contribution in [0.4, 0.5) is 0 Å².